The van der Waals surface area contributed by atoms with E-state index in [0.29, 0.717) is 5.69 Å². The molecule has 18 heavy (non-hydrogen) atoms. The van der Waals surface area contributed by atoms with Crippen LogP contribution >= 0.6 is 0 Å². The van der Waals surface area contributed by atoms with Crippen LogP contribution in [0.2, 0.25) is 0 Å². The highest BCUT2D eigenvalue weighted by molar-refractivity contribution is 5.22. The van der Waals surface area contributed by atoms with Crippen LogP contribution in [0, 0.1) is 17.8 Å². The lowest BCUT2D eigenvalue weighted by molar-refractivity contribution is -0.00832. The van der Waals surface area contributed by atoms with Crippen molar-refractivity contribution in [3.05, 3.63) is 16.0 Å². The highest BCUT2D eigenvalue weighted by atomic mass is 16.1. The fraction of sp³-hybridized carbons (Fsp3) is 0.769. The third-order valence-corrected chi connectivity index (χ3v) is 5.25. The minimum Gasteiger partial charge on any atom is -0.368 e. The normalized spacial score (nSPS) is 41.2. The molecule has 0 atom stereocenters. The molecule has 4 aliphatic carbocycles. The SMILES string of the molecule is Nc1nnc(C23CC4CC(CC(C4)C2)C3)c(=O)[nH]1. The summed E-state index contributed by atoms with van der Waals surface area (Å²) in [6, 6.07) is 0. The zero-order valence-electron chi connectivity index (χ0n) is 10.4. The van der Waals surface area contributed by atoms with Gasteiger partial charge < -0.3 is 5.73 Å². The van der Waals surface area contributed by atoms with Crippen LogP contribution in [0.15, 0.2) is 4.79 Å². The van der Waals surface area contributed by atoms with Crippen molar-refractivity contribution in [2.24, 2.45) is 17.8 Å². The minimum absolute atomic E-state index is 0.00301. The Morgan fingerprint density at radius 3 is 2.11 bits per heavy atom. The second-order valence-electron chi connectivity index (χ2n) is 6.59. The number of aromatic amines is 1. The van der Waals surface area contributed by atoms with Gasteiger partial charge in [-0.25, -0.2) is 0 Å². The van der Waals surface area contributed by atoms with Crippen LogP contribution in [0.25, 0.3) is 0 Å². The predicted octanol–water partition coefficient (Wildman–Crippen LogP) is 1.21. The second-order valence-corrected chi connectivity index (χ2v) is 6.59. The Morgan fingerprint density at radius 1 is 1.06 bits per heavy atom. The van der Waals surface area contributed by atoms with Gasteiger partial charge in [0.25, 0.3) is 5.56 Å². The molecule has 0 aliphatic heterocycles. The zero-order valence-corrected chi connectivity index (χ0v) is 10.4. The van der Waals surface area contributed by atoms with Gasteiger partial charge in [0.15, 0.2) is 0 Å². The molecule has 4 bridgehead atoms. The Hall–Kier alpha value is -1.39. The molecule has 0 radical (unpaired) electrons. The second kappa shape index (κ2) is 3.33. The van der Waals surface area contributed by atoms with Crippen LogP contribution in [0.5, 0.6) is 0 Å². The van der Waals surface area contributed by atoms with E-state index in [9.17, 15) is 4.79 Å². The molecule has 0 amide bonds. The van der Waals surface area contributed by atoms with Crippen molar-refractivity contribution in [3.63, 3.8) is 0 Å². The lowest BCUT2D eigenvalue weighted by Crippen LogP contribution is -2.51. The first-order valence-corrected chi connectivity index (χ1v) is 6.87. The third kappa shape index (κ3) is 1.36. The maximum absolute atomic E-state index is 12.1. The van der Waals surface area contributed by atoms with E-state index >= 15 is 0 Å². The quantitative estimate of drug-likeness (QED) is 0.780. The van der Waals surface area contributed by atoms with Gasteiger partial charge in [-0.3, -0.25) is 9.78 Å². The first-order chi connectivity index (χ1) is 8.64. The van der Waals surface area contributed by atoms with Gasteiger partial charge in [0.05, 0.1) is 0 Å². The molecule has 5 heteroatoms. The Bertz CT molecular complexity index is 515. The highest BCUT2D eigenvalue weighted by Gasteiger charge is 2.53. The molecule has 0 spiro atoms. The van der Waals surface area contributed by atoms with Crippen molar-refractivity contribution in [3.8, 4) is 0 Å². The molecule has 0 unspecified atom stereocenters. The summed E-state index contributed by atoms with van der Waals surface area (Å²) in [4.78, 5) is 14.7. The zero-order chi connectivity index (χ0) is 12.3. The van der Waals surface area contributed by atoms with E-state index in [-0.39, 0.29) is 16.9 Å². The van der Waals surface area contributed by atoms with E-state index in [1.165, 1.54) is 19.3 Å². The number of nitrogen functional groups attached to an aromatic ring is 1. The molecule has 0 aromatic carbocycles. The Morgan fingerprint density at radius 2 is 1.61 bits per heavy atom. The van der Waals surface area contributed by atoms with Gasteiger partial charge in [0.2, 0.25) is 5.95 Å². The number of nitrogens with two attached hydrogens (primary N) is 1. The predicted molar refractivity (Wildman–Crippen MR) is 66.9 cm³/mol. The molecule has 4 fully saturated rings. The summed E-state index contributed by atoms with van der Waals surface area (Å²) in [6.45, 7) is 0. The van der Waals surface area contributed by atoms with Crippen molar-refractivity contribution in [2.45, 2.75) is 43.9 Å². The van der Waals surface area contributed by atoms with Crippen molar-refractivity contribution in [2.75, 3.05) is 5.73 Å². The van der Waals surface area contributed by atoms with Gasteiger partial charge in [-0.15, -0.1) is 10.2 Å². The van der Waals surface area contributed by atoms with Crippen molar-refractivity contribution >= 4 is 5.95 Å². The molecule has 1 aromatic rings. The number of hydrogen-bond acceptors (Lipinski definition) is 4. The van der Waals surface area contributed by atoms with Crippen molar-refractivity contribution in [1.29, 1.82) is 0 Å². The Balaban J connectivity index is 1.81. The lowest BCUT2D eigenvalue weighted by atomic mass is 9.49. The average Bonchev–Trinajstić information content (AvgIpc) is 2.26. The van der Waals surface area contributed by atoms with Crippen LogP contribution in [-0.2, 0) is 5.41 Å². The summed E-state index contributed by atoms with van der Waals surface area (Å²) in [5, 5.41) is 8.02. The summed E-state index contributed by atoms with van der Waals surface area (Å²) in [5.74, 6) is 2.52. The van der Waals surface area contributed by atoms with Crippen LogP contribution in [0.1, 0.15) is 44.2 Å². The summed E-state index contributed by atoms with van der Waals surface area (Å²) >= 11 is 0. The van der Waals surface area contributed by atoms with Crippen molar-refractivity contribution in [1.82, 2.24) is 15.2 Å². The topological polar surface area (TPSA) is 84.7 Å². The number of hydrogen-bond donors (Lipinski definition) is 2. The standard InChI is InChI=1S/C13H18N4O/c14-12-15-11(18)10(16-17-12)13-4-7-1-8(5-13)3-9(2-7)6-13/h7-9H,1-6H2,(H3,14,15,17,18). The van der Waals surface area contributed by atoms with Gasteiger partial charge >= 0.3 is 0 Å². The number of nitrogens with zero attached hydrogens (tertiary/aromatic N) is 2. The monoisotopic (exact) mass is 246 g/mol. The summed E-state index contributed by atoms with van der Waals surface area (Å²) in [5.41, 5.74) is 6.02. The van der Waals surface area contributed by atoms with Crippen LogP contribution in [0.4, 0.5) is 5.95 Å². The summed E-state index contributed by atoms with van der Waals surface area (Å²) in [7, 11) is 0. The fourth-order valence-corrected chi connectivity index (χ4v) is 5.10. The Labute approximate surface area is 105 Å². The van der Waals surface area contributed by atoms with Gasteiger partial charge in [0, 0.05) is 5.41 Å². The van der Waals surface area contributed by atoms with E-state index < -0.39 is 0 Å². The first kappa shape index (κ1) is 10.5. The molecule has 1 aromatic heterocycles. The van der Waals surface area contributed by atoms with Gasteiger partial charge in [-0.05, 0) is 56.3 Å². The number of rotatable bonds is 1. The molecule has 4 aliphatic rings. The van der Waals surface area contributed by atoms with E-state index in [0.717, 1.165) is 37.0 Å². The largest absolute Gasteiger partial charge is 0.368 e. The van der Waals surface area contributed by atoms with Gasteiger partial charge in [0.1, 0.15) is 5.69 Å². The maximum Gasteiger partial charge on any atom is 0.274 e. The average molecular weight is 246 g/mol. The molecule has 3 N–H and O–H groups in total. The van der Waals surface area contributed by atoms with E-state index in [1.807, 2.05) is 0 Å². The van der Waals surface area contributed by atoms with Gasteiger partial charge in [-0.2, -0.15) is 0 Å². The molecule has 5 nitrogen and oxygen atoms in total. The smallest absolute Gasteiger partial charge is 0.274 e. The molecule has 96 valence electrons. The van der Waals surface area contributed by atoms with Crippen molar-refractivity contribution < 1.29 is 0 Å². The molecular weight excluding hydrogens is 228 g/mol. The lowest BCUT2D eigenvalue weighted by Gasteiger charge is -2.55. The summed E-state index contributed by atoms with van der Waals surface area (Å²) in [6.07, 6.45) is 7.46. The molecule has 5 rings (SSSR count). The number of H-pyrrole nitrogens is 1. The summed E-state index contributed by atoms with van der Waals surface area (Å²) < 4.78 is 0. The molecule has 1 heterocycles. The molecule has 0 saturated heterocycles. The van der Waals surface area contributed by atoms with E-state index in [1.54, 1.807) is 0 Å². The Kier molecular flexibility index (Phi) is 1.95. The fourth-order valence-electron chi connectivity index (χ4n) is 5.10. The minimum atomic E-state index is -0.121. The number of anilines is 1. The van der Waals surface area contributed by atoms with E-state index in [2.05, 4.69) is 15.2 Å². The van der Waals surface area contributed by atoms with E-state index in [4.69, 9.17) is 5.73 Å². The molecule has 4 saturated carbocycles. The van der Waals surface area contributed by atoms with Crippen LogP contribution in [0.3, 0.4) is 0 Å². The highest BCUT2D eigenvalue weighted by Crippen LogP contribution is 2.59. The maximum atomic E-state index is 12.1. The molecular formula is C13H18N4O. The van der Waals surface area contributed by atoms with Crippen LogP contribution < -0.4 is 11.3 Å². The van der Waals surface area contributed by atoms with Crippen LogP contribution in [-0.4, -0.2) is 15.2 Å². The first-order valence-electron chi connectivity index (χ1n) is 6.87. The third-order valence-electron chi connectivity index (χ3n) is 5.25. The number of nitrogens with one attached hydrogen (secondary N) is 1. The number of aromatic nitrogens is 3. The van der Waals surface area contributed by atoms with Gasteiger partial charge in [-0.1, -0.05) is 0 Å².